The van der Waals surface area contributed by atoms with Crippen molar-refractivity contribution in [3.63, 3.8) is 0 Å². The summed E-state index contributed by atoms with van der Waals surface area (Å²) in [5, 5.41) is 19.1. The topological polar surface area (TPSA) is 109 Å². The van der Waals surface area contributed by atoms with Gasteiger partial charge in [0.05, 0.1) is 28.4 Å². The molecule has 1 heterocycles. The van der Waals surface area contributed by atoms with E-state index in [-0.39, 0.29) is 35.6 Å². The third-order valence-electron chi connectivity index (χ3n) is 4.40. The van der Waals surface area contributed by atoms with Crippen LogP contribution in [0.25, 0.3) is 6.08 Å². The van der Waals surface area contributed by atoms with E-state index in [1.54, 1.807) is 26.0 Å². The van der Waals surface area contributed by atoms with Gasteiger partial charge in [-0.05, 0) is 65.8 Å². The van der Waals surface area contributed by atoms with Crippen LogP contribution in [0.3, 0.4) is 0 Å². The third kappa shape index (κ3) is 6.13. The zero-order valence-corrected chi connectivity index (χ0v) is 21.1. The van der Waals surface area contributed by atoms with E-state index in [9.17, 15) is 20.1 Å². The van der Waals surface area contributed by atoms with Crippen molar-refractivity contribution >= 4 is 51.8 Å². The third-order valence-corrected chi connectivity index (χ3v) is 6.47. The fourth-order valence-electron chi connectivity index (χ4n) is 2.90. The number of carbonyl (C=O) groups excluding carboxylic acids is 2. The number of carbonyl (C=O) groups is 2. The molecule has 0 saturated carbocycles. The molecule has 1 aromatic heterocycles. The van der Waals surface area contributed by atoms with E-state index < -0.39 is 11.8 Å². The molecule has 0 aliphatic rings. The number of rotatable bonds is 9. The van der Waals surface area contributed by atoms with Crippen molar-refractivity contribution in [2.45, 2.75) is 20.3 Å². The average Bonchev–Trinajstić information content (AvgIpc) is 3.11. The van der Waals surface area contributed by atoms with Gasteiger partial charge < -0.3 is 14.2 Å². The highest BCUT2D eigenvalue weighted by atomic mass is 127. The zero-order valence-electron chi connectivity index (χ0n) is 18.2. The van der Waals surface area contributed by atoms with Crippen molar-refractivity contribution in [3.05, 3.63) is 47.7 Å². The second kappa shape index (κ2) is 12.1. The molecular formula is C24H19IN2O5S. The number of nitrogens with zero attached hydrogens (tertiary/aromatic N) is 2. The number of ether oxygens (including phenoxy) is 3. The molecule has 0 amide bonds. The van der Waals surface area contributed by atoms with Gasteiger partial charge >= 0.3 is 5.97 Å². The first-order chi connectivity index (χ1) is 15.8. The van der Waals surface area contributed by atoms with Gasteiger partial charge in [-0.15, -0.1) is 17.8 Å². The molecule has 0 aliphatic heterocycles. The van der Waals surface area contributed by atoms with Gasteiger partial charge in [0.25, 0.3) is 0 Å². The molecule has 0 atom stereocenters. The largest absolute Gasteiger partial charge is 0.493 e. The molecule has 0 fully saturated rings. The summed E-state index contributed by atoms with van der Waals surface area (Å²) in [4.78, 5) is 25.7. The summed E-state index contributed by atoms with van der Waals surface area (Å²) in [6.07, 6.45) is 6.50. The SMILES string of the molecule is C#CCOc1c(I)cc(/C=C(\C#N)C(=O)Cc2sc(C(=O)OCC)c(C)c2C#N)cc1OC. The maximum absolute atomic E-state index is 12.9. The number of thiophene rings is 1. The summed E-state index contributed by atoms with van der Waals surface area (Å²) in [6.45, 7) is 3.58. The Balaban J connectivity index is 2.39. The van der Waals surface area contributed by atoms with Crippen LogP contribution >= 0.6 is 33.9 Å². The van der Waals surface area contributed by atoms with Crippen molar-refractivity contribution < 1.29 is 23.8 Å². The van der Waals surface area contributed by atoms with E-state index in [1.807, 2.05) is 34.7 Å². The number of ketones is 1. The smallest absolute Gasteiger partial charge is 0.348 e. The summed E-state index contributed by atoms with van der Waals surface area (Å²) in [7, 11) is 1.47. The first kappa shape index (κ1) is 25.9. The molecule has 2 aromatic rings. The molecule has 168 valence electrons. The summed E-state index contributed by atoms with van der Waals surface area (Å²) in [5.41, 5.74) is 1.18. The monoisotopic (exact) mass is 574 g/mol. The lowest BCUT2D eigenvalue weighted by molar-refractivity contribution is -0.114. The highest BCUT2D eigenvalue weighted by Gasteiger charge is 2.23. The number of allylic oxidation sites excluding steroid dienone is 1. The number of hydrogen-bond acceptors (Lipinski definition) is 8. The predicted octanol–water partition coefficient (Wildman–Crippen LogP) is 4.45. The van der Waals surface area contributed by atoms with Crippen LogP contribution < -0.4 is 9.47 Å². The molecule has 7 nitrogen and oxygen atoms in total. The van der Waals surface area contributed by atoms with Crippen molar-refractivity contribution in [2.24, 2.45) is 0 Å². The van der Waals surface area contributed by atoms with E-state index in [0.29, 0.717) is 31.1 Å². The van der Waals surface area contributed by atoms with Crippen LogP contribution in [-0.4, -0.2) is 32.1 Å². The molecule has 2 rings (SSSR count). The van der Waals surface area contributed by atoms with E-state index >= 15 is 0 Å². The zero-order chi connectivity index (χ0) is 24.5. The number of terminal acetylenes is 1. The molecule has 0 saturated heterocycles. The number of Topliss-reactive ketones (excluding diaryl/α,β-unsaturated/α-hetero) is 1. The Morgan fingerprint density at radius 3 is 2.61 bits per heavy atom. The van der Waals surface area contributed by atoms with Crippen molar-refractivity contribution in [2.75, 3.05) is 20.3 Å². The number of benzene rings is 1. The standard InChI is InChI=1S/C24H19IN2O5S/c1-5-7-32-22-18(25)9-15(10-20(22)30-4)8-16(12-26)19(28)11-21-17(13-27)14(3)23(33-21)24(29)31-6-2/h1,8-10H,6-7,11H2,2-4H3/b16-8+. The summed E-state index contributed by atoms with van der Waals surface area (Å²) in [6, 6.07) is 7.32. The minimum absolute atomic E-state index is 0.0682. The lowest BCUT2D eigenvalue weighted by Gasteiger charge is -2.12. The molecule has 0 spiro atoms. The first-order valence-electron chi connectivity index (χ1n) is 9.59. The second-order valence-corrected chi connectivity index (χ2v) is 8.75. The van der Waals surface area contributed by atoms with Gasteiger partial charge in [-0.25, -0.2) is 4.79 Å². The summed E-state index contributed by atoms with van der Waals surface area (Å²) >= 11 is 3.08. The Labute approximate surface area is 209 Å². The lowest BCUT2D eigenvalue weighted by atomic mass is 10.0. The second-order valence-electron chi connectivity index (χ2n) is 6.48. The number of methoxy groups -OCH3 is 1. The van der Waals surface area contributed by atoms with Gasteiger partial charge in [0.1, 0.15) is 23.6 Å². The fraction of sp³-hybridized carbons (Fsp3) is 0.250. The lowest BCUT2D eigenvalue weighted by Crippen LogP contribution is -2.05. The Morgan fingerprint density at radius 1 is 1.30 bits per heavy atom. The van der Waals surface area contributed by atoms with Crippen LogP contribution in [0.2, 0.25) is 0 Å². The Morgan fingerprint density at radius 2 is 2.03 bits per heavy atom. The van der Waals surface area contributed by atoms with Gasteiger partial charge in [-0.1, -0.05) is 5.92 Å². The molecule has 0 radical (unpaired) electrons. The first-order valence-corrected chi connectivity index (χ1v) is 11.5. The predicted molar refractivity (Wildman–Crippen MR) is 132 cm³/mol. The van der Waals surface area contributed by atoms with Crippen LogP contribution in [0.1, 0.15) is 38.2 Å². The molecule has 0 N–H and O–H groups in total. The Kier molecular flexibility index (Phi) is 9.47. The molecule has 1 aromatic carbocycles. The molecular weight excluding hydrogens is 555 g/mol. The fourth-order valence-corrected chi connectivity index (χ4v) is 4.82. The minimum Gasteiger partial charge on any atom is -0.493 e. The van der Waals surface area contributed by atoms with E-state index in [0.717, 1.165) is 11.3 Å². The Bertz CT molecular complexity index is 1240. The van der Waals surface area contributed by atoms with Gasteiger partial charge in [0, 0.05) is 11.3 Å². The molecule has 0 aliphatic carbocycles. The van der Waals surface area contributed by atoms with Crippen molar-refractivity contribution in [3.8, 4) is 36.0 Å². The van der Waals surface area contributed by atoms with E-state index in [2.05, 4.69) is 5.92 Å². The van der Waals surface area contributed by atoms with Gasteiger partial charge in [0.15, 0.2) is 17.3 Å². The number of esters is 1. The quantitative estimate of drug-likeness (QED) is 0.143. The van der Waals surface area contributed by atoms with Crippen LogP contribution in [0, 0.1) is 45.5 Å². The maximum atomic E-state index is 12.9. The Hall–Kier alpha value is -3.33. The minimum atomic E-state index is -0.542. The van der Waals surface area contributed by atoms with Crippen LogP contribution in [0.4, 0.5) is 0 Å². The van der Waals surface area contributed by atoms with Crippen LogP contribution in [0.5, 0.6) is 11.5 Å². The van der Waals surface area contributed by atoms with E-state index in [4.69, 9.17) is 20.6 Å². The van der Waals surface area contributed by atoms with Crippen molar-refractivity contribution in [1.82, 2.24) is 0 Å². The van der Waals surface area contributed by atoms with Gasteiger partial charge in [-0.2, -0.15) is 10.5 Å². The van der Waals surface area contributed by atoms with Gasteiger partial charge in [0.2, 0.25) is 0 Å². The van der Waals surface area contributed by atoms with Crippen LogP contribution in [0.15, 0.2) is 17.7 Å². The number of hydrogen-bond donors (Lipinski definition) is 0. The highest BCUT2D eigenvalue weighted by molar-refractivity contribution is 14.1. The maximum Gasteiger partial charge on any atom is 0.348 e. The average molecular weight is 574 g/mol. The molecule has 33 heavy (non-hydrogen) atoms. The normalized spacial score (nSPS) is 10.5. The summed E-state index contributed by atoms with van der Waals surface area (Å²) < 4.78 is 16.6. The summed E-state index contributed by atoms with van der Waals surface area (Å²) in [5.74, 6) is 2.24. The van der Waals surface area contributed by atoms with E-state index in [1.165, 1.54) is 13.2 Å². The molecule has 9 heteroatoms. The van der Waals surface area contributed by atoms with Gasteiger partial charge in [-0.3, -0.25) is 4.79 Å². The van der Waals surface area contributed by atoms with Crippen LogP contribution in [-0.2, 0) is 16.0 Å². The molecule has 0 bridgehead atoms. The number of halogens is 1. The highest BCUT2D eigenvalue weighted by Crippen LogP contribution is 2.35. The van der Waals surface area contributed by atoms with Crippen molar-refractivity contribution in [1.29, 1.82) is 10.5 Å². The molecule has 0 unspecified atom stereocenters. The number of nitriles is 2.